The molecule has 1 fully saturated rings. The zero-order chi connectivity index (χ0) is 10.9. The second-order valence-corrected chi connectivity index (χ2v) is 3.98. The summed E-state index contributed by atoms with van der Waals surface area (Å²) in [7, 11) is 0. The molecule has 0 aromatic heterocycles. The zero-order valence-electron chi connectivity index (χ0n) is 8.27. The largest absolute Gasteiger partial charge is 0.481 e. The monoisotopic (exact) mass is 204 g/mol. The summed E-state index contributed by atoms with van der Waals surface area (Å²) in [6, 6.07) is 6.84. The van der Waals surface area contributed by atoms with Gasteiger partial charge >= 0.3 is 5.97 Å². The van der Waals surface area contributed by atoms with Crippen LogP contribution in [0.4, 0.5) is 0 Å². The van der Waals surface area contributed by atoms with Crippen LogP contribution >= 0.6 is 0 Å². The van der Waals surface area contributed by atoms with Crippen LogP contribution in [0, 0.1) is 0 Å². The van der Waals surface area contributed by atoms with Crippen LogP contribution in [0.5, 0.6) is 0 Å². The van der Waals surface area contributed by atoms with Crippen LogP contribution in [0.1, 0.15) is 35.2 Å². The molecule has 3 heteroatoms. The summed E-state index contributed by atoms with van der Waals surface area (Å²) in [5.41, 5.74) is 0.701. The summed E-state index contributed by atoms with van der Waals surface area (Å²) >= 11 is 0. The number of aliphatic carboxylic acids is 1. The Bertz CT molecular complexity index is 388. The smallest absolute Gasteiger partial charge is 0.314 e. The Morgan fingerprint density at radius 3 is 2.20 bits per heavy atom. The number of carboxylic acid groups (broad SMARTS) is 1. The minimum Gasteiger partial charge on any atom is -0.481 e. The van der Waals surface area contributed by atoms with Crippen LogP contribution in [0.15, 0.2) is 24.3 Å². The number of carbonyl (C=O) groups is 2. The van der Waals surface area contributed by atoms with Gasteiger partial charge < -0.3 is 5.11 Å². The SMILES string of the molecule is O=Cc1ccc(C2(C(=O)O)CCC2)cc1. The molecule has 0 amide bonds. The topological polar surface area (TPSA) is 54.4 Å². The van der Waals surface area contributed by atoms with Crippen molar-refractivity contribution in [1.29, 1.82) is 0 Å². The molecule has 0 saturated heterocycles. The van der Waals surface area contributed by atoms with E-state index in [1.54, 1.807) is 24.3 Å². The first-order valence-electron chi connectivity index (χ1n) is 4.98. The Balaban J connectivity index is 2.35. The van der Waals surface area contributed by atoms with Crippen molar-refractivity contribution in [1.82, 2.24) is 0 Å². The second-order valence-electron chi connectivity index (χ2n) is 3.98. The number of hydrogen-bond donors (Lipinski definition) is 1. The first-order chi connectivity index (χ1) is 7.19. The van der Waals surface area contributed by atoms with Crippen LogP contribution in [-0.4, -0.2) is 17.4 Å². The van der Waals surface area contributed by atoms with Gasteiger partial charge in [0.25, 0.3) is 0 Å². The normalized spacial score (nSPS) is 17.9. The van der Waals surface area contributed by atoms with Gasteiger partial charge in [-0.05, 0) is 18.4 Å². The predicted molar refractivity (Wildman–Crippen MR) is 55.0 cm³/mol. The lowest BCUT2D eigenvalue weighted by atomic mass is 9.64. The van der Waals surface area contributed by atoms with Gasteiger partial charge in [0.2, 0.25) is 0 Å². The summed E-state index contributed by atoms with van der Waals surface area (Å²) in [5.74, 6) is -0.757. The van der Waals surface area contributed by atoms with Crippen LogP contribution < -0.4 is 0 Å². The third-order valence-corrected chi connectivity index (χ3v) is 3.22. The molecule has 1 N–H and O–H groups in total. The Kier molecular flexibility index (Phi) is 2.31. The van der Waals surface area contributed by atoms with Crippen molar-refractivity contribution in [3.8, 4) is 0 Å². The number of aldehydes is 1. The summed E-state index contributed by atoms with van der Waals surface area (Å²) in [4.78, 5) is 21.7. The molecule has 0 bridgehead atoms. The molecule has 1 aliphatic carbocycles. The van der Waals surface area contributed by atoms with E-state index in [9.17, 15) is 14.7 Å². The maximum Gasteiger partial charge on any atom is 0.314 e. The molecule has 1 aromatic carbocycles. The standard InChI is InChI=1S/C12H12O3/c13-8-9-2-4-10(5-3-9)12(11(14)15)6-1-7-12/h2-5,8H,1,6-7H2,(H,14,15). The van der Waals surface area contributed by atoms with Crippen molar-refractivity contribution in [3.63, 3.8) is 0 Å². The van der Waals surface area contributed by atoms with E-state index in [0.29, 0.717) is 18.4 Å². The molecule has 3 nitrogen and oxygen atoms in total. The van der Waals surface area contributed by atoms with Gasteiger partial charge in [0.1, 0.15) is 6.29 Å². The molecule has 0 radical (unpaired) electrons. The van der Waals surface area contributed by atoms with Crippen molar-refractivity contribution in [2.45, 2.75) is 24.7 Å². The molecule has 2 rings (SSSR count). The lowest BCUT2D eigenvalue weighted by molar-refractivity contribution is -0.147. The summed E-state index contributed by atoms with van der Waals surface area (Å²) in [6.45, 7) is 0. The van der Waals surface area contributed by atoms with E-state index in [0.717, 1.165) is 18.3 Å². The number of hydrogen-bond acceptors (Lipinski definition) is 2. The quantitative estimate of drug-likeness (QED) is 0.766. The van der Waals surface area contributed by atoms with Gasteiger partial charge in [-0.1, -0.05) is 30.7 Å². The molecule has 0 spiro atoms. The van der Waals surface area contributed by atoms with Crippen molar-refractivity contribution in [3.05, 3.63) is 35.4 Å². The number of carboxylic acids is 1. The lowest BCUT2D eigenvalue weighted by Crippen LogP contribution is -2.42. The van der Waals surface area contributed by atoms with E-state index in [1.165, 1.54) is 0 Å². The van der Waals surface area contributed by atoms with Crippen LogP contribution in [-0.2, 0) is 10.2 Å². The number of carbonyl (C=O) groups excluding carboxylic acids is 1. The minimum absolute atomic E-state index is 0.582. The molecule has 0 atom stereocenters. The minimum atomic E-state index is -0.757. The third-order valence-electron chi connectivity index (χ3n) is 3.22. The Hall–Kier alpha value is -1.64. The Morgan fingerprint density at radius 2 is 1.87 bits per heavy atom. The highest BCUT2D eigenvalue weighted by Gasteiger charge is 2.45. The molecule has 0 heterocycles. The van der Waals surface area contributed by atoms with Gasteiger partial charge in [0.15, 0.2) is 0 Å². The fraction of sp³-hybridized carbons (Fsp3) is 0.333. The van der Waals surface area contributed by atoms with Crippen molar-refractivity contribution in [2.24, 2.45) is 0 Å². The van der Waals surface area contributed by atoms with E-state index in [-0.39, 0.29) is 0 Å². The van der Waals surface area contributed by atoms with E-state index < -0.39 is 11.4 Å². The Labute approximate surface area is 87.7 Å². The van der Waals surface area contributed by atoms with Gasteiger partial charge in [-0.3, -0.25) is 9.59 Å². The lowest BCUT2D eigenvalue weighted by Gasteiger charge is -2.38. The third kappa shape index (κ3) is 1.44. The predicted octanol–water partition coefficient (Wildman–Crippen LogP) is 2.01. The van der Waals surface area contributed by atoms with Gasteiger partial charge in [0.05, 0.1) is 5.41 Å². The van der Waals surface area contributed by atoms with Crippen LogP contribution in [0.2, 0.25) is 0 Å². The zero-order valence-corrected chi connectivity index (χ0v) is 8.27. The molecular weight excluding hydrogens is 192 g/mol. The number of rotatable bonds is 3. The fourth-order valence-electron chi connectivity index (χ4n) is 2.04. The molecule has 15 heavy (non-hydrogen) atoms. The maximum absolute atomic E-state index is 11.2. The van der Waals surface area contributed by atoms with Crippen molar-refractivity contribution >= 4 is 12.3 Å². The molecule has 78 valence electrons. The molecule has 1 aromatic rings. The summed E-state index contributed by atoms with van der Waals surface area (Å²) in [5, 5.41) is 9.19. The van der Waals surface area contributed by atoms with E-state index in [4.69, 9.17) is 0 Å². The molecule has 0 aliphatic heterocycles. The van der Waals surface area contributed by atoms with Crippen molar-refractivity contribution in [2.75, 3.05) is 0 Å². The van der Waals surface area contributed by atoms with Crippen molar-refractivity contribution < 1.29 is 14.7 Å². The first kappa shape index (κ1) is 9.90. The second kappa shape index (κ2) is 3.50. The highest BCUT2D eigenvalue weighted by Crippen LogP contribution is 2.43. The molecule has 0 unspecified atom stereocenters. The van der Waals surface area contributed by atoms with Gasteiger partial charge in [0, 0.05) is 5.56 Å². The molecule has 1 aliphatic rings. The fourth-order valence-corrected chi connectivity index (χ4v) is 2.04. The summed E-state index contributed by atoms with van der Waals surface area (Å²) < 4.78 is 0. The summed E-state index contributed by atoms with van der Waals surface area (Å²) in [6.07, 6.45) is 3.12. The average molecular weight is 204 g/mol. The molecule has 1 saturated carbocycles. The van der Waals surface area contributed by atoms with E-state index in [2.05, 4.69) is 0 Å². The maximum atomic E-state index is 11.2. The van der Waals surface area contributed by atoms with Gasteiger partial charge in [-0.2, -0.15) is 0 Å². The number of benzene rings is 1. The van der Waals surface area contributed by atoms with Gasteiger partial charge in [-0.25, -0.2) is 0 Å². The highest BCUT2D eigenvalue weighted by molar-refractivity contribution is 5.83. The van der Waals surface area contributed by atoms with E-state index in [1.807, 2.05) is 0 Å². The van der Waals surface area contributed by atoms with Gasteiger partial charge in [-0.15, -0.1) is 0 Å². The highest BCUT2D eigenvalue weighted by atomic mass is 16.4. The first-order valence-corrected chi connectivity index (χ1v) is 4.98. The van der Waals surface area contributed by atoms with E-state index >= 15 is 0 Å². The van der Waals surface area contributed by atoms with Crippen LogP contribution in [0.3, 0.4) is 0 Å². The van der Waals surface area contributed by atoms with Crippen LogP contribution in [0.25, 0.3) is 0 Å². The average Bonchev–Trinajstić information content (AvgIpc) is 2.16. The molecular formula is C12H12O3. The Morgan fingerprint density at radius 1 is 1.27 bits per heavy atom.